The fraction of sp³-hybridized carbons (Fsp3) is 0.636. The van der Waals surface area contributed by atoms with Gasteiger partial charge in [-0.3, -0.25) is 4.90 Å². The van der Waals surface area contributed by atoms with Gasteiger partial charge in [0.05, 0.1) is 6.10 Å². The molecular weight excluding hydrogens is 460 g/mol. The summed E-state index contributed by atoms with van der Waals surface area (Å²) < 4.78 is 33.5. The summed E-state index contributed by atoms with van der Waals surface area (Å²) in [6.45, 7) is 9.92. The average Bonchev–Trinajstić information content (AvgIpc) is 3.52. The quantitative estimate of drug-likeness (QED) is 0.602. The molecule has 3 aliphatic heterocycles. The number of nitrogens with zero attached hydrogens (tertiary/aromatic N) is 6. The molecule has 2 aromatic rings. The zero-order chi connectivity index (χ0) is 22.8. The van der Waals surface area contributed by atoms with E-state index in [1.807, 2.05) is 25.1 Å². The molecule has 3 aliphatic rings. The van der Waals surface area contributed by atoms with E-state index in [2.05, 4.69) is 24.9 Å². The average molecular weight is 493 g/mol. The van der Waals surface area contributed by atoms with Crippen molar-refractivity contribution in [3.8, 4) is 0 Å². The van der Waals surface area contributed by atoms with E-state index in [1.54, 1.807) is 10.4 Å². The van der Waals surface area contributed by atoms with Crippen LogP contribution in [0.5, 0.6) is 0 Å². The standard InChI is InChI=1S/C22H32N6O3S2/c1-18-4-7-22(32-18)33(29,30)28-14-12-27(13-15-28)21-6-5-20(23-24-21)26-10-8-25(9-11-26)17-19-3-2-16-31-19/h4-7,19H,2-3,8-17H2,1H3. The van der Waals surface area contributed by atoms with Gasteiger partial charge in [-0.1, -0.05) is 0 Å². The van der Waals surface area contributed by atoms with Gasteiger partial charge >= 0.3 is 0 Å². The molecule has 11 heteroatoms. The fourth-order valence-electron chi connectivity index (χ4n) is 4.73. The van der Waals surface area contributed by atoms with Gasteiger partial charge in [-0.25, -0.2) is 8.42 Å². The lowest BCUT2D eigenvalue weighted by molar-refractivity contribution is 0.0712. The predicted molar refractivity (Wildman–Crippen MR) is 130 cm³/mol. The van der Waals surface area contributed by atoms with Gasteiger partial charge in [0.15, 0.2) is 11.6 Å². The third-order valence-corrected chi connectivity index (χ3v) is 10.1. The molecule has 0 N–H and O–H groups in total. The number of hydrogen-bond acceptors (Lipinski definition) is 9. The summed E-state index contributed by atoms with van der Waals surface area (Å²) in [5.41, 5.74) is 0. The van der Waals surface area contributed by atoms with Crippen LogP contribution in [0.1, 0.15) is 17.7 Å². The third kappa shape index (κ3) is 5.17. The van der Waals surface area contributed by atoms with Gasteiger partial charge < -0.3 is 14.5 Å². The first kappa shape index (κ1) is 23.0. The van der Waals surface area contributed by atoms with Crippen LogP contribution in [0.4, 0.5) is 11.6 Å². The highest BCUT2D eigenvalue weighted by Gasteiger charge is 2.30. The maximum absolute atomic E-state index is 12.9. The second-order valence-electron chi connectivity index (χ2n) is 8.93. The van der Waals surface area contributed by atoms with Gasteiger partial charge in [0.1, 0.15) is 4.21 Å². The van der Waals surface area contributed by atoms with Gasteiger partial charge in [-0.15, -0.1) is 21.5 Å². The molecular formula is C22H32N6O3S2. The van der Waals surface area contributed by atoms with Crippen molar-refractivity contribution >= 4 is 33.0 Å². The van der Waals surface area contributed by atoms with Crippen molar-refractivity contribution in [3.63, 3.8) is 0 Å². The molecule has 9 nitrogen and oxygen atoms in total. The Hall–Kier alpha value is -1.79. The topological polar surface area (TPSA) is 82.1 Å². The Balaban J connectivity index is 1.12. The Labute approximate surface area is 200 Å². The molecule has 33 heavy (non-hydrogen) atoms. The molecule has 5 rings (SSSR count). The highest BCUT2D eigenvalue weighted by Crippen LogP contribution is 2.26. The molecule has 1 unspecified atom stereocenters. The van der Waals surface area contributed by atoms with E-state index in [0.29, 0.717) is 36.5 Å². The van der Waals surface area contributed by atoms with E-state index < -0.39 is 10.0 Å². The summed E-state index contributed by atoms with van der Waals surface area (Å²) in [5.74, 6) is 1.71. The lowest BCUT2D eigenvalue weighted by Gasteiger charge is -2.36. The van der Waals surface area contributed by atoms with Crippen molar-refractivity contribution in [1.82, 2.24) is 19.4 Å². The Morgan fingerprint density at radius 3 is 2.09 bits per heavy atom. The Morgan fingerprint density at radius 2 is 1.58 bits per heavy atom. The minimum atomic E-state index is -3.41. The van der Waals surface area contributed by atoms with E-state index in [-0.39, 0.29) is 0 Å². The third-order valence-electron chi connectivity index (χ3n) is 6.69. The number of thiophene rings is 1. The first-order valence-electron chi connectivity index (χ1n) is 11.7. The zero-order valence-corrected chi connectivity index (χ0v) is 20.7. The number of ether oxygens (including phenoxy) is 1. The van der Waals surface area contributed by atoms with Crippen LogP contribution in [0.2, 0.25) is 0 Å². The summed E-state index contributed by atoms with van der Waals surface area (Å²) in [6, 6.07) is 7.60. The number of piperazine rings is 2. The Kier molecular flexibility index (Phi) is 6.84. The smallest absolute Gasteiger partial charge is 0.252 e. The number of aryl methyl sites for hydroxylation is 1. The van der Waals surface area contributed by atoms with Crippen LogP contribution in [0.15, 0.2) is 28.5 Å². The van der Waals surface area contributed by atoms with E-state index in [0.717, 1.165) is 55.8 Å². The van der Waals surface area contributed by atoms with Crippen molar-refractivity contribution in [2.45, 2.75) is 30.1 Å². The molecule has 5 heterocycles. The highest BCUT2D eigenvalue weighted by molar-refractivity contribution is 7.91. The van der Waals surface area contributed by atoms with E-state index in [4.69, 9.17) is 4.74 Å². The molecule has 0 spiro atoms. The maximum atomic E-state index is 12.9. The predicted octanol–water partition coefficient (Wildman–Crippen LogP) is 1.66. The SMILES string of the molecule is Cc1ccc(S(=O)(=O)N2CCN(c3ccc(N4CCN(CC5CCCO5)CC4)nn3)CC2)s1. The first-order valence-corrected chi connectivity index (χ1v) is 14.0. The summed E-state index contributed by atoms with van der Waals surface area (Å²) in [7, 11) is -3.41. The normalized spacial score (nSPS) is 23.4. The van der Waals surface area contributed by atoms with Gasteiger partial charge in [-0.2, -0.15) is 4.31 Å². The molecule has 3 fully saturated rings. The van der Waals surface area contributed by atoms with Crippen molar-refractivity contribution in [2.24, 2.45) is 0 Å². The maximum Gasteiger partial charge on any atom is 0.252 e. The number of sulfonamides is 1. The molecule has 180 valence electrons. The van der Waals surface area contributed by atoms with Crippen LogP contribution in [-0.4, -0.2) is 99.4 Å². The van der Waals surface area contributed by atoms with Crippen LogP contribution >= 0.6 is 11.3 Å². The molecule has 0 bridgehead atoms. The molecule has 2 aromatic heterocycles. The number of rotatable bonds is 6. The molecule has 0 radical (unpaired) electrons. The van der Waals surface area contributed by atoms with Crippen LogP contribution in [0, 0.1) is 6.92 Å². The van der Waals surface area contributed by atoms with E-state index in [9.17, 15) is 8.42 Å². The summed E-state index contributed by atoms with van der Waals surface area (Å²) in [6.07, 6.45) is 2.77. The monoisotopic (exact) mass is 492 g/mol. The van der Waals surface area contributed by atoms with Crippen LogP contribution < -0.4 is 9.80 Å². The van der Waals surface area contributed by atoms with Gasteiger partial charge in [-0.05, 0) is 44.0 Å². The summed E-state index contributed by atoms with van der Waals surface area (Å²) in [5, 5.41) is 8.95. The lowest BCUT2D eigenvalue weighted by Crippen LogP contribution is -2.49. The van der Waals surface area contributed by atoms with E-state index >= 15 is 0 Å². The van der Waals surface area contributed by atoms with Crippen LogP contribution in [0.25, 0.3) is 0 Å². The van der Waals surface area contributed by atoms with E-state index in [1.165, 1.54) is 24.2 Å². The minimum absolute atomic E-state index is 0.403. The van der Waals surface area contributed by atoms with Crippen molar-refractivity contribution in [1.29, 1.82) is 0 Å². The second-order valence-corrected chi connectivity index (χ2v) is 12.4. The van der Waals surface area contributed by atoms with Crippen molar-refractivity contribution in [3.05, 3.63) is 29.1 Å². The zero-order valence-electron chi connectivity index (χ0n) is 19.1. The molecule has 1 atom stereocenters. The molecule has 0 aliphatic carbocycles. The molecule has 0 saturated carbocycles. The Morgan fingerprint density at radius 1 is 0.939 bits per heavy atom. The number of anilines is 2. The molecule has 0 aromatic carbocycles. The Bertz CT molecular complexity index is 1020. The highest BCUT2D eigenvalue weighted by atomic mass is 32.2. The summed E-state index contributed by atoms with van der Waals surface area (Å²) >= 11 is 1.33. The molecule has 3 saturated heterocycles. The summed E-state index contributed by atoms with van der Waals surface area (Å²) in [4.78, 5) is 7.89. The van der Waals surface area contributed by atoms with Crippen LogP contribution in [-0.2, 0) is 14.8 Å². The van der Waals surface area contributed by atoms with Crippen molar-refractivity contribution < 1.29 is 13.2 Å². The van der Waals surface area contributed by atoms with Crippen molar-refractivity contribution in [2.75, 3.05) is 75.3 Å². The number of aromatic nitrogens is 2. The van der Waals surface area contributed by atoms with Gasteiger partial charge in [0.2, 0.25) is 0 Å². The largest absolute Gasteiger partial charge is 0.377 e. The fourth-order valence-corrected chi connectivity index (χ4v) is 7.59. The van der Waals surface area contributed by atoms with Gasteiger partial charge in [0.25, 0.3) is 10.0 Å². The van der Waals surface area contributed by atoms with Gasteiger partial charge in [0, 0.05) is 70.4 Å². The van der Waals surface area contributed by atoms with Crippen LogP contribution in [0.3, 0.4) is 0 Å². The second kappa shape index (κ2) is 9.83. The first-order chi connectivity index (χ1) is 16.0. The lowest BCUT2D eigenvalue weighted by atomic mass is 10.2. The minimum Gasteiger partial charge on any atom is -0.377 e. The number of hydrogen-bond donors (Lipinski definition) is 0. The molecule has 0 amide bonds.